The van der Waals surface area contributed by atoms with Gasteiger partial charge in [0.25, 0.3) is 0 Å². The Hall–Kier alpha value is -3.78. The van der Waals surface area contributed by atoms with Gasteiger partial charge in [0, 0.05) is 0 Å². The Morgan fingerprint density at radius 2 is 0.439 bits per heavy atom. The Labute approximate surface area is 251 Å². The average molecular weight is 623 g/mol. The molecule has 0 N–H and O–H groups in total. The molecule has 198 valence electrons. The van der Waals surface area contributed by atoms with Gasteiger partial charge >= 0.3 is 253 Å². The Kier molecular flexibility index (Phi) is 8.56. The van der Waals surface area contributed by atoms with Crippen LogP contribution in [0.4, 0.5) is 0 Å². The van der Waals surface area contributed by atoms with Crippen molar-refractivity contribution in [2.45, 2.75) is 0 Å². The molecule has 0 aliphatic heterocycles. The summed E-state index contributed by atoms with van der Waals surface area (Å²) in [7, 11) is -5.75. The molecule has 0 aliphatic rings. The first-order chi connectivity index (χ1) is 20.3. The quantitative estimate of drug-likeness (QED) is 0.171. The van der Waals surface area contributed by atoms with E-state index in [2.05, 4.69) is 182 Å². The summed E-state index contributed by atoms with van der Waals surface area (Å²) >= 11 is -1.37. The van der Waals surface area contributed by atoms with Crippen molar-refractivity contribution in [2.75, 3.05) is 0 Å². The van der Waals surface area contributed by atoms with Crippen molar-refractivity contribution < 1.29 is 6.91 Å². The van der Waals surface area contributed by atoms with Crippen LogP contribution in [0.1, 0.15) is 0 Å². The van der Waals surface area contributed by atoms with Gasteiger partial charge in [-0.2, -0.15) is 0 Å². The van der Waals surface area contributed by atoms with Crippen LogP contribution in [-0.2, 0) is 6.91 Å². The predicted octanol–water partition coefficient (Wildman–Crippen LogP) is 3.89. The fourth-order valence-corrected chi connectivity index (χ4v) is 19.4. The standard InChI is InChI=1S/C36H30GeO2Si2/c1-7-19-31(20-8-1)40(32-21-9-2-10-22-32,33-23-11-3-12-24-33)38-37-39-41(34-25-13-4-14-26-34,35-27-15-5-16-28-35)36-29-17-6-18-30-36/h1-30H. The van der Waals surface area contributed by atoms with E-state index >= 15 is 0 Å². The van der Waals surface area contributed by atoms with Crippen molar-refractivity contribution in [3.8, 4) is 0 Å². The molecular weight excluding hydrogens is 593 g/mol. The van der Waals surface area contributed by atoms with E-state index in [1.54, 1.807) is 0 Å². The topological polar surface area (TPSA) is 18.5 Å². The van der Waals surface area contributed by atoms with Gasteiger partial charge in [-0.05, 0) is 0 Å². The molecule has 0 atom stereocenters. The Balaban J connectivity index is 1.50. The molecule has 41 heavy (non-hydrogen) atoms. The van der Waals surface area contributed by atoms with Crippen LogP contribution >= 0.6 is 0 Å². The maximum atomic E-state index is 7.38. The molecule has 6 aromatic carbocycles. The second-order valence-corrected chi connectivity index (χ2v) is 19.4. The molecule has 5 heteroatoms. The zero-order chi connectivity index (χ0) is 27.8. The van der Waals surface area contributed by atoms with E-state index in [4.69, 9.17) is 6.91 Å². The van der Waals surface area contributed by atoms with Crippen LogP contribution in [0.3, 0.4) is 0 Å². The minimum absolute atomic E-state index is 1.22. The van der Waals surface area contributed by atoms with E-state index in [0.29, 0.717) is 0 Å². The molecule has 0 unspecified atom stereocenters. The molecule has 0 heterocycles. The molecular formula is C36H30GeO2Si2. The van der Waals surface area contributed by atoms with E-state index in [0.717, 1.165) is 0 Å². The Bertz CT molecular complexity index is 1320. The third-order valence-corrected chi connectivity index (χ3v) is 20.0. The second-order valence-electron chi connectivity index (χ2n) is 9.85. The summed E-state index contributed by atoms with van der Waals surface area (Å²) in [5, 5.41) is 7.31. The van der Waals surface area contributed by atoms with Crippen molar-refractivity contribution in [1.82, 2.24) is 0 Å². The van der Waals surface area contributed by atoms with Crippen molar-refractivity contribution in [3.05, 3.63) is 182 Å². The molecule has 0 amide bonds. The molecule has 2 radical (unpaired) electrons. The normalized spacial score (nSPS) is 11.7. The van der Waals surface area contributed by atoms with E-state index in [1.807, 2.05) is 0 Å². The molecule has 0 saturated heterocycles. The van der Waals surface area contributed by atoms with Crippen LogP contribution in [0, 0.1) is 0 Å². The Morgan fingerprint density at radius 3 is 0.610 bits per heavy atom. The third kappa shape index (κ3) is 5.45. The van der Waals surface area contributed by atoms with Gasteiger partial charge in [0.1, 0.15) is 0 Å². The summed E-state index contributed by atoms with van der Waals surface area (Å²) in [4.78, 5) is 0. The Morgan fingerprint density at radius 1 is 0.268 bits per heavy atom. The third-order valence-electron chi connectivity index (χ3n) is 7.47. The minimum atomic E-state index is -2.87. The molecule has 0 fully saturated rings. The summed E-state index contributed by atoms with van der Waals surface area (Å²) < 4.78 is 14.8. The molecule has 0 aliphatic carbocycles. The van der Waals surface area contributed by atoms with Crippen molar-refractivity contribution in [3.63, 3.8) is 0 Å². The molecule has 0 aromatic heterocycles. The van der Waals surface area contributed by atoms with Crippen LogP contribution < -0.4 is 31.1 Å². The van der Waals surface area contributed by atoms with Crippen LogP contribution in [0.5, 0.6) is 0 Å². The summed E-state index contributed by atoms with van der Waals surface area (Å²) in [6.45, 7) is 0. The van der Waals surface area contributed by atoms with E-state index in [1.165, 1.54) is 31.1 Å². The van der Waals surface area contributed by atoms with Gasteiger partial charge in [0.05, 0.1) is 0 Å². The van der Waals surface area contributed by atoms with Crippen LogP contribution in [0.15, 0.2) is 182 Å². The van der Waals surface area contributed by atoms with E-state index in [9.17, 15) is 0 Å². The first kappa shape index (κ1) is 27.4. The van der Waals surface area contributed by atoms with Gasteiger partial charge in [-0.3, -0.25) is 0 Å². The molecule has 0 bridgehead atoms. The first-order valence-corrected chi connectivity index (χ1v) is 19.3. The van der Waals surface area contributed by atoms with E-state index < -0.39 is 32.7 Å². The zero-order valence-corrected chi connectivity index (χ0v) is 26.7. The number of hydrogen-bond acceptors (Lipinski definition) is 2. The van der Waals surface area contributed by atoms with Gasteiger partial charge in [-0.1, -0.05) is 0 Å². The zero-order valence-electron chi connectivity index (χ0n) is 22.6. The number of rotatable bonds is 10. The monoisotopic (exact) mass is 624 g/mol. The molecule has 0 spiro atoms. The first-order valence-electron chi connectivity index (χ1n) is 13.8. The molecule has 0 saturated carbocycles. The predicted molar refractivity (Wildman–Crippen MR) is 176 cm³/mol. The van der Waals surface area contributed by atoms with Gasteiger partial charge in [-0.25, -0.2) is 0 Å². The van der Waals surface area contributed by atoms with Crippen molar-refractivity contribution >= 4 is 63.9 Å². The van der Waals surface area contributed by atoms with Crippen LogP contribution in [0.25, 0.3) is 0 Å². The number of benzene rings is 6. The summed E-state index contributed by atoms with van der Waals surface area (Å²) in [6, 6.07) is 64.4. The van der Waals surface area contributed by atoms with Gasteiger partial charge in [0.2, 0.25) is 0 Å². The van der Waals surface area contributed by atoms with Crippen LogP contribution in [0.2, 0.25) is 0 Å². The van der Waals surface area contributed by atoms with Crippen molar-refractivity contribution in [2.24, 2.45) is 0 Å². The van der Waals surface area contributed by atoms with Gasteiger partial charge < -0.3 is 0 Å². The molecule has 6 rings (SSSR count). The SMILES string of the molecule is c1ccc([Si]([O][Ge][O][Si](c2ccccc2)(c2ccccc2)c2ccccc2)(c2ccccc2)c2ccccc2)cc1. The van der Waals surface area contributed by atoms with Crippen molar-refractivity contribution in [1.29, 1.82) is 0 Å². The fraction of sp³-hybridized carbons (Fsp3) is 0. The van der Waals surface area contributed by atoms with Gasteiger partial charge in [0.15, 0.2) is 0 Å². The van der Waals surface area contributed by atoms with E-state index in [-0.39, 0.29) is 0 Å². The summed E-state index contributed by atoms with van der Waals surface area (Å²) in [5.41, 5.74) is 0. The maximum absolute atomic E-state index is 7.38. The second kappa shape index (κ2) is 12.8. The summed E-state index contributed by atoms with van der Waals surface area (Å²) in [5.74, 6) is 0. The average Bonchev–Trinajstić information content (AvgIpc) is 3.08. The fourth-order valence-electron chi connectivity index (χ4n) is 5.54. The molecule has 6 aromatic rings. The summed E-state index contributed by atoms with van der Waals surface area (Å²) in [6.07, 6.45) is 0. The van der Waals surface area contributed by atoms with Crippen LogP contribution in [-0.4, -0.2) is 32.7 Å². The molecule has 2 nitrogen and oxygen atoms in total. The van der Waals surface area contributed by atoms with Gasteiger partial charge in [-0.15, -0.1) is 0 Å². The number of hydrogen-bond donors (Lipinski definition) is 0.